The van der Waals surface area contributed by atoms with E-state index in [4.69, 9.17) is 4.98 Å². The lowest BCUT2D eigenvalue weighted by molar-refractivity contribution is 1.51. The maximum absolute atomic E-state index is 5.05. The first-order valence-electron chi connectivity index (χ1n) is 9.20. The van der Waals surface area contributed by atoms with E-state index >= 15 is 0 Å². The molecule has 0 aliphatic rings. The average molecular weight is 365 g/mol. The minimum Gasteiger partial charge on any atom is -0.247 e. The van der Waals surface area contributed by atoms with Crippen LogP contribution in [0.2, 0.25) is 0 Å². The number of para-hydroxylation sites is 1. The number of pyridine rings is 1. The molecule has 0 unspecified atom stereocenters. The molecule has 1 nitrogen and oxygen atoms in total. The predicted molar refractivity (Wildman–Crippen MR) is 121 cm³/mol. The third-order valence-corrected chi connectivity index (χ3v) is 6.54. The second-order valence-corrected chi connectivity index (χ2v) is 9.44. The van der Waals surface area contributed by atoms with Gasteiger partial charge in [0.05, 0.1) is 11.0 Å². The summed E-state index contributed by atoms with van der Waals surface area (Å²) in [7, 11) is -0.132. The molecule has 0 radical (unpaired) electrons. The van der Waals surface area contributed by atoms with Gasteiger partial charge < -0.3 is 0 Å². The Kier molecular flexibility index (Phi) is 3.92. The van der Waals surface area contributed by atoms with E-state index in [9.17, 15) is 0 Å². The van der Waals surface area contributed by atoms with E-state index in [1.807, 2.05) is 0 Å². The molecule has 5 aromatic rings. The van der Waals surface area contributed by atoms with Crippen molar-refractivity contribution in [3.8, 4) is 11.1 Å². The van der Waals surface area contributed by atoms with E-state index in [2.05, 4.69) is 98.3 Å². The second kappa shape index (κ2) is 6.44. The Morgan fingerprint density at radius 2 is 1.44 bits per heavy atom. The maximum atomic E-state index is 5.05. The number of aromatic nitrogens is 1. The number of nitrogens with zero attached hydrogens (tertiary/aromatic N) is 1. The minimum atomic E-state index is -0.132. The van der Waals surface area contributed by atoms with Crippen molar-refractivity contribution in [3.05, 3.63) is 84.9 Å². The van der Waals surface area contributed by atoms with Crippen LogP contribution in [0.5, 0.6) is 0 Å². The third kappa shape index (κ3) is 2.71. The Morgan fingerprint density at radius 3 is 2.30 bits per heavy atom. The molecule has 0 saturated carbocycles. The topological polar surface area (TPSA) is 12.9 Å². The molecule has 0 saturated heterocycles. The Morgan fingerprint density at radius 1 is 0.667 bits per heavy atom. The Balaban J connectivity index is 1.97. The molecule has 27 heavy (non-hydrogen) atoms. The lowest BCUT2D eigenvalue weighted by atomic mass is 9.94. The van der Waals surface area contributed by atoms with Crippen LogP contribution in [0.25, 0.3) is 43.7 Å². The van der Waals surface area contributed by atoms with Gasteiger partial charge in [0.25, 0.3) is 0 Å². The van der Waals surface area contributed by atoms with Crippen LogP contribution in [0.1, 0.15) is 0 Å². The summed E-state index contributed by atoms with van der Waals surface area (Å²) in [6.45, 7) is 4.62. The predicted octanol–water partition coefficient (Wildman–Crippen LogP) is 6.58. The number of fused-ring (bicyclic) bond motifs is 4. The van der Waals surface area contributed by atoms with Gasteiger partial charge in [0, 0.05) is 21.7 Å². The van der Waals surface area contributed by atoms with Crippen molar-refractivity contribution in [1.82, 2.24) is 4.98 Å². The minimum absolute atomic E-state index is 0.132. The molecule has 0 fully saturated rings. The molecule has 0 spiro atoms. The summed E-state index contributed by atoms with van der Waals surface area (Å²) in [4.78, 5) is 5.05. The van der Waals surface area contributed by atoms with Gasteiger partial charge in [0.1, 0.15) is 0 Å². The normalized spacial score (nSPS) is 11.7. The smallest absolute Gasteiger partial charge is 0.0794 e. The van der Waals surface area contributed by atoms with Crippen LogP contribution in [-0.4, -0.2) is 18.3 Å². The molecule has 0 bridgehead atoms. The number of benzene rings is 4. The third-order valence-electron chi connectivity index (χ3n) is 5.23. The van der Waals surface area contributed by atoms with Crippen LogP contribution in [0.3, 0.4) is 0 Å². The lowest BCUT2D eigenvalue weighted by Crippen LogP contribution is -1.99. The maximum Gasteiger partial charge on any atom is 0.0794 e. The zero-order chi connectivity index (χ0) is 18.4. The Hall–Kier alpha value is -2.76. The Bertz CT molecular complexity index is 1300. The molecule has 130 valence electrons. The largest absolute Gasteiger partial charge is 0.247 e. The van der Waals surface area contributed by atoms with E-state index in [0.29, 0.717) is 0 Å². The van der Waals surface area contributed by atoms with Gasteiger partial charge in [-0.25, -0.2) is 4.98 Å². The van der Waals surface area contributed by atoms with Gasteiger partial charge in [-0.3, -0.25) is 0 Å². The molecule has 0 N–H and O–H groups in total. The molecule has 4 aromatic carbocycles. The highest BCUT2D eigenvalue weighted by Gasteiger charge is 2.13. The molecule has 2 heteroatoms. The summed E-state index contributed by atoms with van der Waals surface area (Å²) in [6.07, 6.45) is 0. The van der Waals surface area contributed by atoms with Crippen LogP contribution >= 0.6 is 7.92 Å². The van der Waals surface area contributed by atoms with Crippen molar-refractivity contribution in [2.24, 2.45) is 0 Å². The summed E-state index contributed by atoms with van der Waals surface area (Å²) >= 11 is 0. The van der Waals surface area contributed by atoms with Gasteiger partial charge in [-0.1, -0.05) is 80.7 Å². The molecule has 5 rings (SSSR count). The van der Waals surface area contributed by atoms with Gasteiger partial charge >= 0.3 is 0 Å². The van der Waals surface area contributed by atoms with Crippen LogP contribution < -0.4 is 5.30 Å². The van der Waals surface area contributed by atoms with Crippen molar-refractivity contribution >= 4 is 45.8 Å². The fourth-order valence-corrected chi connectivity index (χ4v) is 4.66. The van der Waals surface area contributed by atoms with Crippen molar-refractivity contribution in [2.45, 2.75) is 0 Å². The summed E-state index contributed by atoms with van der Waals surface area (Å²) in [5.74, 6) is 0. The van der Waals surface area contributed by atoms with E-state index in [1.165, 1.54) is 38.0 Å². The molecule has 1 aromatic heterocycles. The first kappa shape index (κ1) is 16.4. The highest BCUT2D eigenvalue weighted by Crippen LogP contribution is 2.38. The Labute approximate surface area is 160 Å². The number of hydrogen-bond acceptors (Lipinski definition) is 1. The number of hydrogen-bond donors (Lipinski definition) is 0. The van der Waals surface area contributed by atoms with Crippen molar-refractivity contribution in [3.63, 3.8) is 0 Å². The fraction of sp³-hybridized carbons (Fsp3) is 0.0800. The van der Waals surface area contributed by atoms with E-state index in [1.54, 1.807) is 0 Å². The van der Waals surface area contributed by atoms with Crippen LogP contribution in [0.15, 0.2) is 84.9 Å². The zero-order valence-corrected chi connectivity index (χ0v) is 16.4. The van der Waals surface area contributed by atoms with E-state index in [-0.39, 0.29) is 7.92 Å². The first-order chi connectivity index (χ1) is 13.2. The van der Waals surface area contributed by atoms with Gasteiger partial charge in [0.2, 0.25) is 0 Å². The van der Waals surface area contributed by atoms with Crippen LogP contribution in [0, 0.1) is 0 Å². The van der Waals surface area contributed by atoms with Crippen molar-refractivity contribution in [2.75, 3.05) is 13.3 Å². The molecule has 0 atom stereocenters. The standard InChI is InChI=1S/C25H20NP/c1-27(2)19-10-7-9-18(16-19)24-21-12-5-6-13-23(21)26-25-20-11-4-3-8-17(20)14-15-22(24)25/h3-16H,1-2H3. The van der Waals surface area contributed by atoms with Gasteiger partial charge in [0.15, 0.2) is 0 Å². The average Bonchev–Trinajstić information content (AvgIpc) is 2.72. The van der Waals surface area contributed by atoms with Gasteiger partial charge in [-0.15, -0.1) is 0 Å². The van der Waals surface area contributed by atoms with Crippen molar-refractivity contribution in [1.29, 1.82) is 0 Å². The summed E-state index contributed by atoms with van der Waals surface area (Å²) in [5, 5.41) is 6.32. The van der Waals surface area contributed by atoms with E-state index < -0.39 is 0 Å². The molecular weight excluding hydrogens is 345 g/mol. The first-order valence-corrected chi connectivity index (χ1v) is 11.4. The van der Waals surface area contributed by atoms with Gasteiger partial charge in [-0.05, 0) is 41.7 Å². The zero-order valence-electron chi connectivity index (χ0n) is 15.5. The van der Waals surface area contributed by atoms with Crippen LogP contribution in [-0.2, 0) is 0 Å². The highest BCUT2D eigenvalue weighted by molar-refractivity contribution is 7.64. The number of rotatable bonds is 2. The molecule has 0 aliphatic heterocycles. The quantitative estimate of drug-likeness (QED) is 0.196. The summed E-state index contributed by atoms with van der Waals surface area (Å²) < 4.78 is 0. The SMILES string of the molecule is CP(C)c1cccc(-c2c3ccccc3nc3c2ccc2ccccc23)c1. The summed E-state index contributed by atoms with van der Waals surface area (Å²) in [6, 6.07) is 30.5. The highest BCUT2D eigenvalue weighted by atomic mass is 31.1. The van der Waals surface area contributed by atoms with E-state index in [0.717, 1.165) is 11.0 Å². The lowest BCUT2D eigenvalue weighted by Gasteiger charge is -2.15. The molecular formula is C25H20NP. The van der Waals surface area contributed by atoms with Crippen LogP contribution in [0.4, 0.5) is 0 Å². The van der Waals surface area contributed by atoms with Crippen molar-refractivity contribution < 1.29 is 0 Å². The second-order valence-electron chi connectivity index (χ2n) is 7.13. The monoisotopic (exact) mass is 365 g/mol. The molecule has 1 heterocycles. The molecule has 0 amide bonds. The molecule has 0 aliphatic carbocycles. The fourth-order valence-electron chi connectivity index (χ4n) is 3.88. The van der Waals surface area contributed by atoms with Gasteiger partial charge in [-0.2, -0.15) is 0 Å². The summed E-state index contributed by atoms with van der Waals surface area (Å²) in [5.41, 5.74) is 4.71.